The van der Waals surface area contributed by atoms with E-state index in [-0.39, 0.29) is 24.4 Å². The van der Waals surface area contributed by atoms with Gasteiger partial charge in [0.2, 0.25) is 0 Å². The summed E-state index contributed by atoms with van der Waals surface area (Å²) in [6.07, 6.45) is 2.58. The Labute approximate surface area is 167 Å². The molecule has 1 aromatic carbocycles. The van der Waals surface area contributed by atoms with Crippen LogP contribution < -0.4 is 5.32 Å². The number of amides is 2. The van der Waals surface area contributed by atoms with Gasteiger partial charge in [-0.25, -0.2) is 13.6 Å². The molecule has 1 atom stereocenters. The molecule has 3 rings (SSSR count). The molecule has 2 heterocycles. The number of carbonyl (C=O) groups excluding carboxylic acids is 1. The van der Waals surface area contributed by atoms with Gasteiger partial charge < -0.3 is 15.3 Å². The van der Waals surface area contributed by atoms with Gasteiger partial charge in [-0.05, 0) is 50.1 Å². The number of hydrogen-bond donors (Lipinski definition) is 2. The number of aromatic nitrogens is 1. The van der Waals surface area contributed by atoms with E-state index in [0.29, 0.717) is 42.2 Å². The second-order valence-electron chi connectivity index (χ2n) is 6.93. The van der Waals surface area contributed by atoms with Crippen molar-refractivity contribution in [2.75, 3.05) is 18.4 Å². The Morgan fingerprint density at radius 2 is 2.11 bits per heavy atom. The molecule has 1 fully saturated rings. The summed E-state index contributed by atoms with van der Waals surface area (Å²) in [6, 6.07) is 8.94. The van der Waals surface area contributed by atoms with Crippen LogP contribution in [0.2, 0.25) is 0 Å². The van der Waals surface area contributed by atoms with Crippen LogP contribution in [-0.4, -0.2) is 39.1 Å². The van der Waals surface area contributed by atoms with Crippen molar-refractivity contribution in [2.45, 2.75) is 36.3 Å². The molecule has 0 radical (unpaired) electrons. The molecule has 28 heavy (non-hydrogen) atoms. The van der Waals surface area contributed by atoms with E-state index in [4.69, 9.17) is 5.11 Å². The normalized spacial score (nSPS) is 17.2. The first-order chi connectivity index (χ1) is 13.4. The van der Waals surface area contributed by atoms with E-state index < -0.39 is 5.00 Å². The first kappa shape index (κ1) is 20.5. The molecule has 1 aliphatic heterocycles. The number of likely N-dealkylation sites (tertiary alicyclic amines) is 1. The zero-order valence-electron chi connectivity index (χ0n) is 15.6. The Kier molecular flexibility index (Phi) is 6.51. The van der Waals surface area contributed by atoms with Gasteiger partial charge in [0.15, 0.2) is 5.00 Å². The van der Waals surface area contributed by atoms with Crippen molar-refractivity contribution in [3.63, 3.8) is 0 Å². The topological polar surface area (TPSA) is 65.5 Å². The molecule has 0 spiro atoms. The number of piperidine rings is 1. The van der Waals surface area contributed by atoms with Crippen molar-refractivity contribution >= 4 is 23.5 Å². The number of urea groups is 1. The fourth-order valence-electron chi connectivity index (χ4n) is 3.29. The first-order valence-corrected chi connectivity index (χ1v) is 9.94. The maximum absolute atomic E-state index is 15.2. The van der Waals surface area contributed by atoms with Crippen LogP contribution in [0.25, 0.3) is 0 Å². The van der Waals surface area contributed by atoms with Crippen molar-refractivity contribution in [2.24, 2.45) is 5.92 Å². The van der Waals surface area contributed by atoms with Gasteiger partial charge in [-0.3, -0.25) is 4.98 Å². The van der Waals surface area contributed by atoms with Crippen LogP contribution in [0.5, 0.6) is 0 Å². The van der Waals surface area contributed by atoms with Crippen LogP contribution in [0.1, 0.15) is 25.5 Å². The molecular formula is C20H23F2N3O2S. The maximum Gasteiger partial charge on any atom is 0.321 e. The van der Waals surface area contributed by atoms with E-state index >= 15 is 4.39 Å². The molecular weight excluding hydrogens is 384 g/mol. The minimum Gasteiger partial charge on any atom is -0.390 e. The van der Waals surface area contributed by atoms with Crippen LogP contribution in [-0.2, 0) is 6.61 Å². The van der Waals surface area contributed by atoms with Gasteiger partial charge in [-0.2, -0.15) is 0 Å². The summed E-state index contributed by atoms with van der Waals surface area (Å²) in [5, 5.41) is 10.4. The lowest BCUT2D eigenvalue weighted by Gasteiger charge is -2.37. The van der Waals surface area contributed by atoms with E-state index in [2.05, 4.69) is 10.3 Å². The number of nitrogens with one attached hydrogen (secondary N) is 1. The highest BCUT2D eigenvalue weighted by atomic mass is 32.2. The monoisotopic (exact) mass is 407 g/mol. The third-order valence-corrected chi connectivity index (χ3v) is 6.08. The van der Waals surface area contributed by atoms with Gasteiger partial charge >= 0.3 is 6.03 Å². The van der Waals surface area contributed by atoms with Crippen LogP contribution in [0.4, 0.5) is 19.3 Å². The summed E-state index contributed by atoms with van der Waals surface area (Å²) in [5.74, 6) is -0.612. The minimum absolute atomic E-state index is 0.201. The predicted molar refractivity (Wildman–Crippen MR) is 105 cm³/mol. The van der Waals surface area contributed by atoms with E-state index in [1.54, 1.807) is 29.2 Å². The molecule has 150 valence electrons. The molecule has 0 aliphatic carbocycles. The van der Waals surface area contributed by atoms with Gasteiger partial charge in [-0.1, -0.05) is 17.8 Å². The Morgan fingerprint density at radius 1 is 1.36 bits per heavy atom. The van der Waals surface area contributed by atoms with E-state index in [0.717, 1.165) is 11.8 Å². The number of aliphatic hydroxyl groups is 1. The average molecular weight is 407 g/mol. The standard InChI is InChI=1S/C20H23F2N3O2S/c1-20(22,28-18-4-2-3-15(21)11-18)14-6-9-25(10-7-14)19(27)24-16-5-8-23-17(12-16)13-26/h2-5,8,11-12,14,26H,6-7,9-10,13H2,1H3,(H,23,24,27)/t20-/m1/s1. The number of pyridine rings is 1. The largest absolute Gasteiger partial charge is 0.390 e. The summed E-state index contributed by atoms with van der Waals surface area (Å²) in [5.41, 5.74) is 1.03. The van der Waals surface area contributed by atoms with Crippen molar-refractivity contribution < 1.29 is 18.7 Å². The SMILES string of the molecule is C[C@@](F)(Sc1cccc(F)c1)C1CCN(C(=O)Nc2ccnc(CO)c2)CC1. The average Bonchev–Trinajstić information content (AvgIpc) is 2.68. The number of aliphatic hydroxyl groups excluding tert-OH is 1. The lowest BCUT2D eigenvalue weighted by molar-refractivity contribution is 0.124. The molecule has 1 saturated heterocycles. The maximum atomic E-state index is 15.2. The Hall–Kier alpha value is -2.19. The highest BCUT2D eigenvalue weighted by Gasteiger charge is 2.38. The number of alkyl halides is 1. The molecule has 8 heteroatoms. The zero-order chi connectivity index (χ0) is 20.1. The van der Waals surface area contributed by atoms with Crippen molar-refractivity contribution in [1.29, 1.82) is 0 Å². The third kappa shape index (κ3) is 5.20. The number of hydrogen-bond acceptors (Lipinski definition) is 4. The third-order valence-electron chi connectivity index (χ3n) is 4.85. The molecule has 1 aromatic heterocycles. The fourth-order valence-corrected chi connectivity index (χ4v) is 4.47. The van der Waals surface area contributed by atoms with Gasteiger partial charge in [0.25, 0.3) is 0 Å². The van der Waals surface area contributed by atoms with Crippen LogP contribution in [0, 0.1) is 11.7 Å². The number of rotatable bonds is 5. The molecule has 2 N–H and O–H groups in total. The van der Waals surface area contributed by atoms with Crippen molar-refractivity contribution in [3.8, 4) is 0 Å². The lowest BCUT2D eigenvalue weighted by Crippen LogP contribution is -2.44. The summed E-state index contributed by atoms with van der Waals surface area (Å²) in [7, 11) is 0. The quantitative estimate of drug-likeness (QED) is 0.720. The van der Waals surface area contributed by atoms with Gasteiger partial charge in [0, 0.05) is 35.8 Å². The number of carbonyl (C=O) groups is 1. The predicted octanol–water partition coefficient (Wildman–Crippen LogP) is 4.43. The number of halogens is 2. The summed E-state index contributed by atoms with van der Waals surface area (Å²) in [6.45, 7) is 2.21. The molecule has 0 bridgehead atoms. The minimum atomic E-state index is -1.54. The molecule has 5 nitrogen and oxygen atoms in total. The van der Waals surface area contributed by atoms with Crippen LogP contribution in [0.3, 0.4) is 0 Å². The highest BCUT2D eigenvalue weighted by Crippen LogP contribution is 2.44. The second-order valence-corrected chi connectivity index (χ2v) is 8.40. The first-order valence-electron chi connectivity index (χ1n) is 9.12. The molecule has 0 saturated carbocycles. The van der Waals surface area contributed by atoms with Gasteiger partial charge in [0.1, 0.15) is 5.82 Å². The van der Waals surface area contributed by atoms with E-state index in [1.807, 2.05) is 0 Å². The van der Waals surface area contributed by atoms with E-state index in [1.165, 1.54) is 25.3 Å². The molecule has 0 unspecified atom stereocenters. The van der Waals surface area contributed by atoms with Crippen LogP contribution in [0.15, 0.2) is 47.5 Å². The summed E-state index contributed by atoms with van der Waals surface area (Å²) in [4.78, 5) is 18.6. The lowest BCUT2D eigenvalue weighted by atomic mass is 9.92. The summed E-state index contributed by atoms with van der Waals surface area (Å²) < 4.78 is 28.6. The molecule has 2 aromatic rings. The number of nitrogens with zero attached hydrogens (tertiary/aromatic N) is 2. The van der Waals surface area contributed by atoms with Crippen molar-refractivity contribution in [1.82, 2.24) is 9.88 Å². The smallest absolute Gasteiger partial charge is 0.321 e. The molecule has 1 aliphatic rings. The Bertz CT molecular complexity index is 827. The number of benzene rings is 1. The van der Waals surface area contributed by atoms with E-state index in [9.17, 15) is 9.18 Å². The Morgan fingerprint density at radius 3 is 2.79 bits per heavy atom. The second kappa shape index (κ2) is 8.87. The fraction of sp³-hybridized carbons (Fsp3) is 0.400. The summed E-state index contributed by atoms with van der Waals surface area (Å²) >= 11 is 1.03. The Balaban J connectivity index is 1.55. The number of thioether (sulfide) groups is 1. The highest BCUT2D eigenvalue weighted by molar-refractivity contribution is 8.00. The molecule has 2 amide bonds. The number of anilines is 1. The van der Waals surface area contributed by atoms with Gasteiger partial charge in [0.05, 0.1) is 12.3 Å². The zero-order valence-corrected chi connectivity index (χ0v) is 16.4. The van der Waals surface area contributed by atoms with Gasteiger partial charge in [-0.15, -0.1) is 0 Å². The van der Waals surface area contributed by atoms with Crippen LogP contribution >= 0.6 is 11.8 Å². The van der Waals surface area contributed by atoms with Crippen molar-refractivity contribution in [3.05, 3.63) is 54.1 Å².